The smallest absolute Gasteiger partial charge is 0.0249 e. The quantitative estimate of drug-likeness (QED) is 0.365. The Morgan fingerprint density at radius 2 is 1.07 bits per heavy atom. The van der Waals surface area contributed by atoms with Gasteiger partial charge < -0.3 is 0 Å². The molecule has 3 aliphatic rings. The summed E-state index contributed by atoms with van der Waals surface area (Å²) in [5, 5.41) is 4.03. The lowest BCUT2D eigenvalue weighted by molar-refractivity contribution is 0.342. The summed E-state index contributed by atoms with van der Waals surface area (Å²) in [6, 6.07) is 11.2. The number of nitrogens with zero attached hydrogens (tertiary/aromatic N) is 1. The van der Waals surface area contributed by atoms with Crippen molar-refractivity contribution in [3.8, 4) is 0 Å². The predicted octanol–water partition coefficient (Wildman–Crippen LogP) is 8.38. The van der Waals surface area contributed by atoms with Crippen molar-refractivity contribution in [2.45, 2.75) is 108 Å². The van der Waals surface area contributed by atoms with Crippen molar-refractivity contribution in [3.63, 3.8) is 0 Å². The lowest BCUT2D eigenvalue weighted by atomic mass is 10.1. The van der Waals surface area contributed by atoms with Gasteiger partial charge in [0.1, 0.15) is 0 Å². The second-order valence-corrected chi connectivity index (χ2v) is 15.4. The Morgan fingerprint density at radius 1 is 0.667 bits per heavy atom. The summed E-state index contributed by atoms with van der Waals surface area (Å²) in [6.07, 6.45) is 11.6. The fourth-order valence-electron chi connectivity index (χ4n) is 6.48. The van der Waals surface area contributed by atoms with Crippen LogP contribution in [0.15, 0.2) is 41.0 Å². The van der Waals surface area contributed by atoms with Crippen LogP contribution in [0, 0.1) is 0 Å². The molecule has 2 saturated heterocycles. The van der Waals surface area contributed by atoms with Crippen molar-refractivity contribution in [1.82, 2.24) is 4.90 Å². The fraction of sp³-hybridized carbons (Fsp3) is 0.704. The normalized spacial score (nSPS) is 31.3. The highest BCUT2D eigenvalue weighted by Crippen LogP contribution is 2.72. The Bertz CT molecular complexity index is 651. The third-order valence-electron chi connectivity index (χ3n) is 8.08. The van der Waals surface area contributed by atoms with E-state index in [1.54, 1.807) is 0 Å². The van der Waals surface area contributed by atoms with E-state index in [1.165, 1.54) is 70.0 Å². The Labute approximate surface area is 188 Å². The van der Waals surface area contributed by atoms with Crippen LogP contribution in [0.1, 0.15) is 84.6 Å². The summed E-state index contributed by atoms with van der Waals surface area (Å²) in [5.41, 5.74) is 5.51. The zero-order valence-electron chi connectivity index (χ0n) is 19.8. The molecular weight excluding hydrogens is 400 g/mol. The molecule has 0 saturated carbocycles. The second-order valence-electron chi connectivity index (χ2n) is 9.74. The van der Waals surface area contributed by atoms with Gasteiger partial charge in [-0.1, -0.05) is 73.9 Å². The second kappa shape index (κ2) is 10.6. The van der Waals surface area contributed by atoms with E-state index in [9.17, 15) is 0 Å². The molecule has 0 spiro atoms. The van der Waals surface area contributed by atoms with Crippen LogP contribution in [0.25, 0.3) is 0 Å². The van der Waals surface area contributed by atoms with Gasteiger partial charge in [0.25, 0.3) is 0 Å². The molecule has 3 heteroatoms. The van der Waals surface area contributed by atoms with Gasteiger partial charge in [0, 0.05) is 19.6 Å². The number of hydrogen-bond acceptors (Lipinski definition) is 1. The topological polar surface area (TPSA) is 3.24 Å². The third-order valence-corrected chi connectivity index (χ3v) is 16.0. The van der Waals surface area contributed by atoms with E-state index in [0.29, 0.717) is 0 Å². The monoisotopic (exact) mass is 443 g/mol. The standard InChI is InChI=1S/C27H43NP2/c1-5-22-14-15-23(6-2)29(22)26-19-28(18-21-12-10-9-11-13-21)20-27(26)30-24(7-3)16-17-25(30)8-4/h9-13,22-25H,5-8,14-20H2,1-4H3/t22-,23-,24-,25-/m0/s1. The molecule has 0 N–H and O–H groups in total. The van der Waals surface area contributed by atoms with Gasteiger partial charge in [-0.25, -0.2) is 0 Å². The van der Waals surface area contributed by atoms with Crippen molar-refractivity contribution < 1.29 is 0 Å². The number of rotatable bonds is 8. The van der Waals surface area contributed by atoms with Crippen LogP contribution >= 0.6 is 15.8 Å². The molecule has 3 aliphatic heterocycles. The van der Waals surface area contributed by atoms with Crippen molar-refractivity contribution >= 4 is 15.8 Å². The summed E-state index contributed by atoms with van der Waals surface area (Å²) in [7, 11) is 0.152. The zero-order valence-corrected chi connectivity index (χ0v) is 21.6. The Balaban J connectivity index is 1.67. The highest BCUT2D eigenvalue weighted by Gasteiger charge is 2.44. The first-order valence-electron chi connectivity index (χ1n) is 12.7. The largest absolute Gasteiger partial charge is 0.290 e. The van der Waals surface area contributed by atoms with E-state index in [-0.39, 0.29) is 15.8 Å². The first-order chi connectivity index (χ1) is 14.7. The van der Waals surface area contributed by atoms with Crippen LogP contribution in [-0.2, 0) is 6.54 Å². The Morgan fingerprint density at radius 3 is 1.43 bits per heavy atom. The number of benzene rings is 1. The van der Waals surface area contributed by atoms with Crippen LogP contribution in [0.4, 0.5) is 0 Å². The molecule has 1 nitrogen and oxygen atoms in total. The Kier molecular flexibility index (Phi) is 8.11. The van der Waals surface area contributed by atoms with Crippen LogP contribution in [0.2, 0.25) is 0 Å². The molecule has 30 heavy (non-hydrogen) atoms. The minimum Gasteiger partial charge on any atom is -0.290 e. The number of hydrogen-bond donors (Lipinski definition) is 0. The van der Waals surface area contributed by atoms with E-state index in [2.05, 4.69) is 62.9 Å². The Hall–Kier alpha value is -0.220. The average molecular weight is 444 g/mol. The van der Waals surface area contributed by atoms with Gasteiger partial charge in [-0.05, 0) is 90.2 Å². The van der Waals surface area contributed by atoms with Gasteiger partial charge in [0.15, 0.2) is 0 Å². The maximum absolute atomic E-state index is 2.82. The van der Waals surface area contributed by atoms with Crippen molar-refractivity contribution in [2.24, 2.45) is 0 Å². The highest BCUT2D eigenvalue weighted by molar-refractivity contribution is 7.68. The summed E-state index contributed by atoms with van der Waals surface area (Å²) in [4.78, 5) is 2.82. The summed E-state index contributed by atoms with van der Waals surface area (Å²) in [5.74, 6) is 0. The molecule has 4 rings (SSSR count). The van der Waals surface area contributed by atoms with E-state index in [4.69, 9.17) is 0 Å². The van der Waals surface area contributed by atoms with E-state index < -0.39 is 0 Å². The zero-order chi connectivity index (χ0) is 21.1. The maximum atomic E-state index is 2.82. The minimum absolute atomic E-state index is 0.0761. The molecule has 2 fully saturated rings. The highest BCUT2D eigenvalue weighted by atomic mass is 31.1. The molecule has 0 bridgehead atoms. The van der Waals surface area contributed by atoms with Crippen LogP contribution in [0.5, 0.6) is 0 Å². The van der Waals surface area contributed by atoms with Crippen molar-refractivity contribution in [3.05, 3.63) is 46.5 Å². The maximum Gasteiger partial charge on any atom is 0.0249 e. The molecule has 0 amide bonds. The van der Waals surface area contributed by atoms with Gasteiger partial charge >= 0.3 is 0 Å². The summed E-state index contributed by atoms with van der Waals surface area (Å²) in [6.45, 7) is 13.6. The SMILES string of the molecule is CC[C@H]1CC[C@H](CC)P1C1=C(P2[C@@H](CC)CC[C@@H]2CC)CN(Cc2ccccc2)C1. The van der Waals surface area contributed by atoms with Gasteiger partial charge in [-0.2, -0.15) is 0 Å². The molecule has 1 aromatic rings. The molecule has 1 aromatic carbocycles. The molecular formula is C27H43NP2. The molecule has 166 valence electrons. The molecule has 0 aliphatic carbocycles. The third kappa shape index (κ3) is 4.60. The van der Waals surface area contributed by atoms with Crippen molar-refractivity contribution in [1.29, 1.82) is 0 Å². The fourth-order valence-corrected chi connectivity index (χ4v) is 14.9. The molecule has 0 unspecified atom stereocenters. The lowest BCUT2D eigenvalue weighted by Gasteiger charge is -2.32. The van der Waals surface area contributed by atoms with E-state index in [1.807, 2.05) is 10.6 Å². The summed E-state index contributed by atoms with van der Waals surface area (Å²) < 4.78 is 0. The molecule has 0 aromatic heterocycles. The predicted molar refractivity (Wildman–Crippen MR) is 137 cm³/mol. The minimum atomic E-state index is 0.0761. The lowest BCUT2D eigenvalue weighted by Crippen LogP contribution is -2.21. The molecule has 4 atom stereocenters. The van der Waals surface area contributed by atoms with Gasteiger partial charge in [0.05, 0.1) is 0 Å². The van der Waals surface area contributed by atoms with Crippen molar-refractivity contribution in [2.75, 3.05) is 13.1 Å². The summed E-state index contributed by atoms with van der Waals surface area (Å²) >= 11 is 0. The van der Waals surface area contributed by atoms with Gasteiger partial charge in [-0.15, -0.1) is 0 Å². The molecule has 3 heterocycles. The van der Waals surface area contributed by atoms with Crippen LogP contribution in [0.3, 0.4) is 0 Å². The first kappa shape index (κ1) is 23.0. The van der Waals surface area contributed by atoms with Gasteiger partial charge in [0.2, 0.25) is 0 Å². The van der Waals surface area contributed by atoms with Crippen LogP contribution in [-0.4, -0.2) is 40.6 Å². The average Bonchev–Trinajstić information content (AvgIpc) is 3.49. The van der Waals surface area contributed by atoms with E-state index >= 15 is 0 Å². The van der Waals surface area contributed by atoms with Crippen LogP contribution < -0.4 is 0 Å². The first-order valence-corrected chi connectivity index (χ1v) is 15.7. The van der Waals surface area contributed by atoms with E-state index in [0.717, 1.165) is 29.2 Å². The molecule has 0 radical (unpaired) electrons. The van der Waals surface area contributed by atoms with Gasteiger partial charge in [-0.3, -0.25) is 4.90 Å².